The number of nitrogens with one attached hydrogen (secondary N) is 2. The van der Waals surface area contributed by atoms with E-state index in [1.54, 1.807) is 6.07 Å². The molecule has 2 heterocycles. The molecule has 1 amide bonds. The molecule has 2 rings (SSSR count). The number of aromatic nitrogens is 1. The fourth-order valence-electron chi connectivity index (χ4n) is 2.13. The molecule has 1 aromatic heterocycles. The van der Waals surface area contributed by atoms with Crippen LogP contribution in [-0.4, -0.2) is 24.0 Å². The molecule has 0 saturated carbocycles. The minimum atomic E-state index is -0.585. The van der Waals surface area contributed by atoms with Crippen LogP contribution in [0, 0.1) is 11.4 Å². The standard InChI is InChI=1S/C12H16FN3O/c1-2-12(6-7-14-8-12)11(17)16-10-5-3-4-9(13)15-10/h3-5,14H,2,6-8H2,1H3,(H,15,16,17). The quantitative estimate of drug-likeness (QED) is 0.784. The highest BCUT2D eigenvalue weighted by Crippen LogP contribution is 2.30. The van der Waals surface area contributed by atoms with E-state index in [4.69, 9.17) is 0 Å². The number of hydrogen-bond donors (Lipinski definition) is 2. The van der Waals surface area contributed by atoms with Gasteiger partial charge in [0.05, 0.1) is 5.41 Å². The molecule has 1 saturated heterocycles. The minimum absolute atomic E-state index is 0.0805. The van der Waals surface area contributed by atoms with Crippen molar-refractivity contribution in [1.82, 2.24) is 10.3 Å². The predicted molar refractivity (Wildman–Crippen MR) is 63.0 cm³/mol. The molecule has 5 heteroatoms. The number of pyridine rings is 1. The second-order valence-corrected chi connectivity index (χ2v) is 4.36. The number of anilines is 1. The summed E-state index contributed by atoms with van der Waals surface area (Å²) in [5.74, 6) is -0.393. The molecule has 1 aliphatic rings. The topological polar surface area (TPSA) is 54.0 Å². The zero-order chi connectivity index (χ0) is 12.3. The molecule has 17 heavy (non-hydrogen) atoms. The Morgan fingerprint density at radius 3 is 3.06 bits per heavy atom. The maximum atomic E-state index is 12.9. The lowest BCUT2D eigenvalue weighted by Gasteiger charge is -2.24. The average Bonchev–Trinajstić information content (AvgIpc) is 2.78. The van der Waals surface area contributed by atoms with Crippen molar-refractivity contribution in [3.63, 3.8) is 0 Å². The fraction of sp³-hybridized carbons (Fsp3) is 0.500. The van der Waals surface area contributed by atoms with Crippen molar-refractivity contribution in [3.8, 4) is 0 Å². The first-order valence-corrected chi connectivity index (χ1v) is 5.81. The Hall–Kier alpha value is -1.49. The Morgan fingerprint density at radius 2 is 2.47 bits per heavy atom. The molecule has 1 unspecified atom stereocenters. The van der Waals surface area contributed by atoms with Crippen LogP contribution >= 0.6 is 0 Å². The molecular formula is C12H16FN3O. The first-order valence-electron chi connectivity index (χ1n) is 5.81. The number of halogens is 1. The van der Waals surface area contributed by atoms with E-state index in [-0.39, 0.29) is 17.1 Å². The van der Waals surface area contributed by atoms with Gasteiger partial charge in [0.2, 0.25) is 11.9 Å². The third-order valence-corrected chi connectivity index (χ3v) is 3.36. The van der Waals surface area contributed by atoms with Crippen LogP contribution in [0.3, 0.4) is 0 Å². The van der Waals surface area contributed by atoms with Crippen LogP contribution in [0.5, 0.6) is 0 Å². The van der Waals surface area contributed by atoms with E-state index < -0.39 is 5.95 Å². The van der Waals surface area contributed by atoms with E-state index in [9.17, 15) is 9.18 Å². The van der Waals surface area contributed by atoms with Crippen molar-refractivity contribution >= 4 is 11.7 Å². The molecule has 92 valence electrons. The molecule has 1 aliphatic heterocycles. The highest BCUT2D eigenvalue weighted by Gasteiger charge is 2.39. The number of carbonyl (C=O) groups excluding carboxylic acids is 1. The average molecular weight is 237 g/mol. The van der Waals surface area contributed by atoms with Gasteiger partial charge in [0.1, 0.15) is 5.82 Å². The Balaban J connectivity index is 2.10. The molecule has 2 N–H and O–H groups in total. The van der Waals surface area contributed by atoms with Gasteiger partial charge in [-0.15, -0.1) is 0 Å². The van der Waals surface area contributed by atoms with Crippen molar-refractivity contribution in [2.45, 2.75) is 19.8 Å². The number of hydrogen-bond acceptors (Lipinski definition) is 3. The van der Waals surface area contributed by atoms with Crippen molar-refractivity contribution in [1.29, 1.82) is 0 Å². The summed E-state index contributed by atoms with van der Waals surface area (Å²) in [5, 5.41) is 5.87. The van der Waals surface area contributed by atoms with Gasteiger partial charge in [-0.1, -0.05) is 13.0 Å². The summed E-state index contributed by atoms with van der Waals surface area (Å²) in [7, 11) is 0. The van der Waals surface area contributed by atoms with Gasteiger partial charge in [-0.25, -0.2) is 4.98 Å². The zero-order valence-corrected chi connectivity index (χ0v) is 9.79. The van der Waals surface area contributed by atoms with E-state index >= 15 is 0 Å². The summed E-state index contributed by atoms with van der Waals surface area (Å²) in [5.41, 5.74) is -0.381. The van der Waals surface area contributed by atoms with Crippen molar-refractivity contribution in [3.05, 3.63) is 24.1 Å². The van der Waals surface area contributed by atoms with E-state index in [0.29, 0.717) is 6.54 Å². The summed E-state index contributed by atoms with van der Waals surface area (Å²) in [6.07, 6.45) is 1.58. The summed E-state index contributed by atoms with van der Waals surface area (Å²) in [6.45, 7) is 3.51. The Kier molecular flexibility index (Phi) is 3.38. The van der Waals surface area contributed by atoms with E-state index in [2.05, 4.69) is 15.6 Å². The van der Waals surface area contributed by atoms with Crippen molar-refractivity contribution in [2.24, 2.45) is 5.41 Å². The number of carbonyl (C=O) groups is 1. The monoisotopic (exact) mass is 237 g/mol. The third kappa shape index (κ3) is 2.44. The van der Waals surface area contributed by atoms with Gasteiger partial charge >= 0.3 is 0 Å². The van der Waals surface area contributed by atoms with E-state index in [1.165, 1.54) is 12.1 Å². The fourth-order valence-corrected chi connectivity index (χ4v) is 2.13. The molecule has 0 bridgehead atoms. The van der Waals surface area contributed by atoms with Crippen LogP contribution in [0.2, 0.25) is 0 Å². The minimum Gasteiger partial charge on any atom is -0.316 e. The van der Waals surface area contributed by atoms with Crippen molar-refractivity contribution < 1.29 is 9.18 Å². The molecule has 0 aromatic carbocycles. The maximum absolute atomic E-state index is 12.9. The first-order chi connectivity index (χ1) is 8.16. The lowest BCUT2D eigenvalue weighted by molar-refractivity contribution is -0.124. The summed E-state index contributed by atoms with van der Waals surface area (Å²) in [4.78, 5) is 15.8. The third-order valence-electron chi connectivity index (χ3n) is 3.36. The highest BCUT2D eigenvalue weighted by atomic mass is 19.1. The Morgan fingerprint density at radius 1 is 1.65 bits per heavy atom. The number of rotatable bonds is 3. The van der Waals surface area contributed by atoms with Crippen LogP contribution in [0.1, 0.15) is 19.8 Å². The Bertz CT molecular complexity index is 416. The highest BCUT2D eigenvalue weighted by molar-refractivity contribution is 5.95. The predicted octanol–water partition coefficient (Wildman–Crippen LogP) is 1.55. The van der Waals surface area contributed by atoms with Crippen LogP contribution in [0.4, 0.5) is 10.2 Å². The first kappa shape index (κ1) is 12.0. The molecule has 0 spiro atoms. The lowest BCUT2D eigenvalue weighted by Crippen LogP contribution is -2.37. The molecule has 0 aliphatic carbocycles. The van der Waals surface area contributed by atoms with Crippen LogP contribution in [-0.2, 0) is 4.79 Å². The maximum Gasteiger partial charge on any atom is 0.233 e. The molecular weight excluding hydrogens is 221 g/mol. The van der Waals surface area contributed by atoms with Gasteiger partial charge in [-0.05, 0) is 31.5 Å². The second kappa shape index (κ2) is 4.79. The second-order valence-electron chi connectivity index (χ2n) is 4.36. The normalized spacial score (nSPS) is 23.6. The van der Waals surface area contributed by atoms with Gasteiger partial charge in [0.15, 0.2) is 0 Å². The lowest BCUT2D eigenvalue weighted by atomic mass is 9.83. The van der Waals surface area contributed by atoms with Gasteiger partial charge in [-0.3, -0.25) is 4.79 Å². The molecule has 1 atom stereocenters. The van der Waals surface area contributed by atoms with E-state index in [0.717, 1.165) is 19.4 Å². The van der Waals surface area contributed by atoms with Crippen molar-refractivity contribution in [2.75, 3.05) is 18.4 Å². The summed E-state index contributed by atoms with van der Waals surface area (Å²) < 4.78 is 12.9. The summed E-state index contributed by atoms with van der Waals surface area (Å²) >= 11 is 0. The molecule has 1 fully saturated rings. The van der Waals surface area contributed by atoms with Gasteiger partial charge in [-0.2, -0.15) is 4.39 Å². The van der Waals surface area contributed by atoms with Gasteiger partial charge in [0, 0.05) is 6.54 Å². The largest absolute Gasteiger partial charge is 0.316 e. The van der Waals surface area contributed by atoms with Gasteiger partial charge in [0.25, 0.3) is 0 Å². The molecule has 4 nitrogen and oxygen atoms in total. The van der Waals surface area contributed by atoms with E-state index in [1.807, 2.05) is 6.92 Å². The summed E-state index contributed by atoms with van der Waals surface area (Å²) in [6, 6.07) is 4.37. The molecule has 1 aromatic rings. The SMILES string of the molecule is CCC1(C(=O)Nc2cccc(F)n2)CCNC1. The van der Waals surface area contributed by atoms with Gasteiger partial charge < -0.3 is 10.6 Å². The zero-order valence-electron chi connectivity index (χ0n) is 9.79. The Labute approximate surface area is 99.6 Å². The molecule has 0 radical (unpaired) electrons. The number of nitrogens with zero attached hydrogens (tertiary/aromatic N) is 1. The van der Waals surface area contributed by atoms with Crippen LogP contribution in [0.25, 0.3) is 0 Å². The number of amides is 1. The van der Waals surface area contributed by atoms with Crippen LogP contribution < -0.4 is 10.6 Å². The smallest absolute Gasteiger partial charge is 0.233 e. The van der Waals surface area contributed by atoms with Crippen LogP contribution in [0.15, 0.2) is 18.2 Å².